The largest absolute Gasteiger partial charge is 0.497 e. The van der Waals surface area contributed by atoms with Crippen LogP contribution in [-0.2, 0) is 9.59 Å². The summed E-state index contributed by atoms with van der Waals surface area (Å²) in [5.74, 6) is 1.35. The molecule has 2 aliphatic rings. The molecule has 0 bridgehead atoms. The molecule has 2 aromatic rings. The van der Waals surface area contributed by atoms with Crippen molar-refractivity contribution < 1.29 is 19.1 Å². The first-order chi connectivity index (χ1) is 16.5. The zero-order valence-electron chi connectivity index (χ0n) is 20.4. The van der Waals surface area contributed by atoms with Crippen LogP contribution in [0.25, 0.3) is 0 Å². The Kier molecular flexibility index (Phi) is 7.73. The van der Waals surface area contributed by atoms with Crippen molar-refractivity contribution in [1.82, 2.24) is 9.80 Å². The maximum absolute atomic E-state index is 13.8. The second kappa shape index (κ2) is 10.9. The number of carbonyl (C=O) groups excluding carboxylic acids is 2. The molecule has 0 spiro atoms. The summed E-state index contributed by atoms with van der Waals surface area (Å²) in [6.45, 7) is 6.53. The Morgan fingerprint density at radius 3 is 2.06 bits per heavy atom. The van der Waals surface area contributed by atoms with E-state index in [1.165, 1.54) is 0 Å². The molecule has 2 aliphatic heterocycles. The standard InChI is InChI=1S/C27H35N3O4/c1-4-15-28-16-18-29(19-17-28)27(32)24-13-14-25(31)30(21-7-11-23(34-3)12-8-21)26(24)20-5-9-22(33-2)10-6-20/h5-12,24,26H,4,13-19H2,1-3H3/t24-,26-/m1/s1. The van der Waals surface area contributed by atoms with Gasteiger partial charge in [-0.3, -0.25) is 14.5 Å². The Balaban J connectivity index is 1.66. The maximum atomic E-state index is 13.8. The van der Waals surface area contributed by atoms with Crippen molar-refractivity contribution in [2.45, 2.75) is 32.2 Å². The fourth-order valence-electron chi connectivity index (χ4n) is 5.12. The highest BCUT2D eigenvalue weighted by molar-refractivity contribution is 5.97. The Morgan fingerprint density at radius 2 is 1.50 bits per heavy atom. The minimum absolute atomic E-state index is 0.0304. The van der Waals surface area contributed by atoms with Crippen molar-refractivity contribution in [3.63, 3.8) is 0 Å². The number of ether oxygens (including phenoxy) is 2. The number of piperazine rings is 1. The van der Waals surface area contributed by atoms with Gasteiger partial charge in [0, 0.05) is 38.3 Å². The van der Waals surface area contributed by atoms with Gasteiger partial charge in [0.15, 0.2) is 0 Å². The van der Waals surface area contributed by atoms with E-state index in [1.807, 2.05) is 53.4 Å². The molecular formula is C27H35N3O4. The van der Waals surface area contributed by atoms with Crippen molar-refractivity contribution in [2.24, 2.45) is 5.92 Å². The monoisotopic (exact) mass is 465 g/mol. The topological polar surface area (TPSA) is 62.3 Å². The summed E-state index contributed by atoms with van der Waals surface area (Å²) >= 11 is 0. The van der Waals surface area contributed by atoms with Gasteiger partial charge in [0.2, 0.25) is 11.8 Å². The van der Waals surface area contributed by atoms with E-state index in [0.29, 0.717) is 12.8 Å². The number of piperidine rings is 1. The van der Waals surface area contributed by atoms with Gasteiger partial charge in [0.25, 0.3) is 0 Å². The molecule has 2 heterocycles. The van der Waals surface area contributed by atoms with Crippen molar-refractivity contribution in [2.75, 3.05) is 51.8 Å². The Morgan fingerprint density at radius 1 is 0.912 bits per heavy atom. The molecule has 0 aromatic heterocycles. The summed E-state index contributed by atoms with van der Waals surface area (Å²) in [7, 11) is 3.25. The van der Waals surface area contributed by atoms with E-state index in [0.717, 1.165) is 61.9 Å². The normalized spacial score (nSPS) is 21.4. The molecule has 2 fully saturated rings. The molecule has 0 aliphatic carbocycles. The number of hydrogen-bond donors (Lipinski definition) is 0. The highest BCUT2D eigenvalue weighted by Crippen LogP contribution is 2.41. The van der Waals surface area contributed by atoms with Crippen LogP contribution in [0.2, 0.25) is 0 Å². The highest BCUT2D eigenvalue weighted by atomic mass is 16.5. The fraction of sp³-hybridized carbons (Fsp3) is 0.481. The molecule has 2 amide bonds. The van der Waals surface area contributed by atoms with E-state index in [-0.39, 0.29) is 23.8 Å². The zero-order valence-corrected chi connectivity index (χ0v) is 20.4. The van der Waals surface area contributed by atoms with Gasteiger partial charge in [0.1, 0.15) is 11.5 Å². The second-order valence-electron chi connectivity index (χ2n) is 8.99. The third kappa shape index (κ3) is 5.04. The van der Waals surface area contributed by atoms with Crippen LogP contribution in [-0.4, -0.2) is 68.6 Å². The molecule has 34 heavy (non-hydrogen) atoms. The van der Waals surface area contributed by atoms with Gasteiger partial charge >= 0.3 is 0 Å². The smallest absolute Gasteiger partial charge is 0.228 e. The number of nitrogens with zero attached hydrogens (tertiary/aromatic N) is 3. The van der Waals surface area contributed by atoms with Crippen molar-refractivity contribution in [3.05, 3.63) is 54.1 Å². The molecular weight excluding hydrogens is 430 g/mol. The number of anilines is 1. The van der Waals surface area contributed by atoms with Crippen LogP contribution in [0.3, 0.4) is 0 Å². The van der Waals surface area contributed by atoms with Crippen molar-refractivity contribution >= 4 is 17.5 Å². The summed E-state index contributed by atoms with van der Waals surface area (Å²) < 4.78 is 10.6. The lowest BCUT2D eigenvalue weighted by Gasteiger charge is -2.44. The Labute approximate surface area is 202 Å². The summed E-state index contributed by atoms with van der Waals surface area (Å²) in [6, 6.07) is 14.8. The average molecular weight is 466 g/mol. The summed E-state index contributed by atoms with van der Waals surface area (Å²) in [5, 5.41) is 0. The van der Waals surface area contributed by atoms with Crippen LogP contribution < -0.4 is 14.4 Å². The SMILES string of the molecule is CCCN1CCN(C(=O)[C@@H]2CCC(=O)N(c3ccc(OC)cc3)[C@@H]2c2ccc(OC)cc2)CC1. The quantitative estimate of drug-likeness (QED) is 0.623. The second-order valence-corrected chi connectivity index (χ2v) is 8.99. The summed E-state index contributed by atoms with van der Waals surface area (Å²) in [6.07, 6.45) is 2.02. The lowest BCUT2D eigenvalue weighted by molar-refractivity contribution is -0.140. The lowest BCUT2D eigenvalue weighted by Crippen LogP contribution is -2.54. The third-order valence-corrected chi connectivity index (χ3v) is 6.95. The van der Waals surface area contributed by atoms with Crippen LogP contribution >= 0.6 is 0 Å². The maximum Gasteiger partial charge on any atom is 0.228 e. The van der Waals surface area contributed by atoms with Crippen LogP contribution in [0.5, 0.6) is 11.5 Å². The van der Waals surface area contributed by atoms with E-state index in [1.54, 1.807) is 19.1 Å². The van der Waals surface area contributed by atoms with Crippen LogP contribution in [0, 0.1) is 5.92 Å². The molecule has 182 valence electrons. The van der Waals surface area contributed by atoms with Gasteiger partial charge in [-0.15, -0.1) is 0 Å². The van der Waals surface area contributed by atoms with Gasteiger partial charge < -0.3 is 19.3 Å². The molecule has 0 radical (unpaired) electrons. The molecule has 0 unspecified atom stereocenters. The van der Waals surface area contributed by atoms with Crippen LogP contribution in [0.1, 0.15) is 37.8 Å². The van der Waals surface area contributed by atoms with E-state index in [9.17, 15) is 9.59 Å². The number of amides is 2. The van der Waals surface area contributed by atoms with Crippen molar-refractivity contribution in [1.29, 1.82) is 0 Å². The van der Waals surface area contributed by atoms with Gasteiger partial charge in [0.05, 0.1) is 26.2 Å². The minimum atomic E-state index is -0.373. The Hall–Kier alpha value is -3.06. The van der Waals surface area contributed by atoms with Gasteiger partial charge in [-0.1, -0.05) is 19.1 Å². The number of rotatable bonds is 7. The third-order valence-electron chi connectivity index (χ3n) is 6.95. The molecule has 2 saturated heterocycles. The number of hydrogen-bond acceptors (Lipinski definition) is 5. The average Bonchev–Trinajstić information content (AvgIpc) is 2.89. The first-order valence-corrected chi connectivity index (χ1v) is 12.2. The summed E-state index contributed by atoms with van der Waals surface area (Å²) in [4.78, 5) is 33.3. The highest BCUT2D eigenvalue weighted by Gasteiger charge is 2.43. The molecule has 2 aromatic carbocycles. The molecule has 0 saturated carbocycles. The van der Waals surface area contributed by atoms with Gasteiger partial charge in [-0.2, -0.15) is 0 Å². The molecule has 4 rings (SSSR count). The number of carbonyl (C=O) groups is 2. The van der Waals surface area contributed by atoms with Crippen LogP contribution in [0.4, 0.5) is 5.69 Å². The molecule has 0 N–H and O–H groups in total. The minimum Gasteiger partial charge on any atom is -0.497 e. The summed E-state index contributed by atoms with van der Waals surface area (Å²) in [5.41, 5.74) is 1.71. The first-order valence-electron chi connectivity index (χ1n) is 12.2. The zero-order chi connectivity index (χ0) is 24.1. The molecule has 7 heteroatoms. The number of benzene rings is 2. The van der Waals surface area contributed by atoms with Gasteiger partial charge in [-0.25, -0.2) is 0 Å². The lowest BCUT2D eigenvalue weighted by atomic mass is 9.82. The van der Waals surface area contributed by atoms with E-state index < -0.39 is 0 Å². The van der Waals surface area contributed by atoms with E-state index >= 15 is 0 Å². The fourth-order valence-corrected chi connectivity index (χ4v) is 5.12. The molecule has 7 nitrogen and oxygen atoms in total. The predicted octanol–water partition coefficient (Wildman–Crippen LogP) is 3.74. The Bertz CT molecular complexity index is 968. The first kappa shape index (κ1) is 24.1. The molecule has 2 atom stereocenters. The van der Waals surface area contributed by atoms with E-state index in [4.69, 9.17) is 9.47 Å². The van der Waals surface area contributed by atoms with Crippen molar-refractivity contribution in [3.8, 4) is 11.5 Å². The number of methoxy groups -OCH3 is 2. The van der Waals surface area contributed by atoms with Gasteiger partial charge in [-0.05, 0) is 61.3 Å². The predicted molar refractivity (Wildman–Crippen MR) is 132 cm³/mol. The van der Waals surface area contributed by atoms with E-state index in [2.05, 4.69) is 11.8 Å². The van der Waals surface area contributed by atoms with Crippen LogP contribution in [0.15, 0.2) is 48.5 Å².